The highest BCUT2D eigenvalue weighted by Crippen LogP contribution is 2.25. The average molecular weight is 262 g/mol. The fourth-order valence-electron chi connectivity index (χ4n) is 1.85. The molecule has 0 aromatic heterocycles. The van der Waals surface area contributed by atoms with Gasteiger partial charge in [0.2, 0.25) is 0 Å². The summed E-state index contributed by atoms with van der Waals surface area (Å²) in [4.78, 5) is 1.39. The summed E-state index contributed by atoms with van der Waals surface area (Å²) >= 11 is 0. The Morgan fingerprint density at radius 3 is 2.16 bits per heavy atom. The lowest BCUT2D eigenvalue weighted by atomic mass is 10.3. The molecule has 0 aliphatic carbocycles. The van der Waals surface area contributed by atoms with Crippen molar-refractivity contribution in [3.8, 4) is 11.5 Å². The summed E-state index contributed by atoms with van der Waals surface area (Å²) in [5.41, 5.74) is 0. The average Bonchev–Trinajstić information content (AvgIpc) is 2.41. The Labute approximate surface area is 116 Å². The van der Waals surface area contributed by atoms with Crippen molar-refractivity contribution >= 4 is 0 Å². The Balaban J connectivity index is 2.47. The van der Waals surface area contributed by atoms with Crippen LogP contribution in [0.4, 0.5) is 0 Å². The van der Waals surface area contributed by atoms with Crippen molar-refractivity contribution in [2.24, 2.45) is 0 Å². The minimum atomic E-state index is 0.644. The zero-order valence-corrected chi connectivity index (χ0v) is 11.7. The van der Waals surface area contributed by atoms with Crippen molar-refractivity contribution in [1.82, 2.24) is 0 Å². The SMILES string of the molecule is C=CC[NH+](CC=C)CCOc1ccccc1OCC. The summed E-state index contributed by atoms with van der Waals surface area (Å²) in [5.74, 6) is 1.61. The van der Waals surface area contributed by atoms with E-state index < -0.39 is 0 Å². The molecule has 0 heterocycles. The number of benzene rings is 1. The van der Waals surface area contributed by atoms with Gasteiger partial charge in [0.25, 0.3) is 0 Å². The highest BCUT2D eigenvalue weighted by Gasteiger charge is 2.07. The second-order valence-electron chi connectivity index (χ2n) is 4.21. The fourth-order valence-corrected chi connectivity index (χ4v) is 1.85. The summed E-state index contributed by atoms with van der Waals surface area (Å²) < 4.78 is 11.3. The van der Waals surface area contributed by atoms with E-state index in [1.165, 1.54) is 4.90 Å². The van der Waals surface area contributed by atoms with E-state index in [2.05, 4.69) is 13.2 Å². The summed E-state index contributed by atoms with van der Waals surface area (Å²) in [6.07, 6.45) is 3.85. The van der Waals surface area contributed by atoms with Gasteiger partial charge in [-0.1, -0.05) is 25.3 Å². The summed E-state index contributed by atoms with van der Waals surface area (Å²) in [5, 5.41) is 0. The smallest absolute Gasteiger partial charge is 0.161 e. The van der Waals surface area contributed by atoms with E-state index in [1.807, 2.05) is 43.3 Å². The van der Waals surface area contributed by atoms with E-state index in [4.69, 9.17) is 9.47 Å². The summed E-state index contributed by atoms with van der Waals surface area (Å²) in [7, 11) is 0. The molecule has 0 saturated carbocycles. The van der Waals surface area contributed by atoms with Gasteiger partial charge in [-0.05, 0) is 31.2 Å². The first-order chi connectivity index (χ1) is 9.31. The van der Waals surface area contributed by atoms with Gasteiger partial charge in [0.15, 0.2) is 11.5 Å². The van der Waals surface area contributed by atoms with E-state index in [1.54, 1.807) is 0 Å². The monoisotopic (exact) mass is 262 g/mol. The fraction of sp³-hybridized carbons (Fsp3) is 0.375. The third kappa shape index (κ3) is 5.62. The molecule has 0 unspecified atom stereocenters. The number of nitrogens with one attached hydrogen (secondary N) is 1. The predicted octanol–water partition coefficient (Wildman–Crippen LogP) is 1.72. The van der Waals surface area contributed by atoms with Crippen LogP contribution in [-0.2, 0) is 0 Å². The quantitative estimate of drug-likeness (QED) is 0.649. The minimum absolute atomic E-state index is 0.644. The van der Waals surface area contributed by atoms with Crippen LogP contribution in [0.2, 0.25) is 0 Å². The standard InChI is InChI=1S/C16H23NO2/c1-4-11-17(12-5-2)13-14-19-16-10-8-7-9-15(16)18-6-3/h4-5,7-10H,1-2,6,11-14H2,3H3/p+1. The van der Waals surface area contributed by atoms with E-state index in [0.29, 0.717) is 13.2 Å². The van der Waals surface area contributed by atoms with Gasteiger partial charge in [0.05, 0.1) is 19.7 Å². The van der Waals surface area contributed by atoms with Crippen molar-refractivity contribution in [2.45, 2.75) is 6.92 Å². The first kappa shape index (κ1) is 15.3. The minimum Gasteiger partial charge on any atom is -0.490 e. The van der Waals surface area contributed by atoms with E-state index in [9.17, 15) is 0 Å². The third-order valence-electron chi connectivity index (χ3n) is 2.73. The molecule has 0 saturated heterocycles. The van der Waals surface area contributed by atoms with E-state index in [-0.39, 0.29) is 0 Å². The zero-order valence-electron chi connectivity index (χ0n) is 11.7. The van der Waals surface area contributed by atoms with Crippen LogP contribution in [0, 0.1) is 0 Å². The number of hydrogen-bond acceptors (Lipinski definition) is 2. The first-order valence-electron chi connectivity index (χ1n) is 6.71. The first-order valence-corrected chi connectivity index (χ1v) is 6.71. The number of quaternary nitrogens is 1. The predicted molar refractivity (Wildman–Crippen MR) is 79.1 cm³/mol. The van der Waals surface area contributed by atoms with Gasteiger partial charge in [-0.15, -0.1) is 0 Å². The van der Waals surface area contributed by atoms with Gasteiger partial charge < -0.3 is 14.4 Å². The molecule has 0 atom stereocenters. The van der Waals surface area contributed by atoms with Crippen molar-refractivity contribution in [2.75, 3.05) is 32.8 Å². The van der Waals surface area contributed by atoms with Gasteiger partial charge in [-0.2, -0.15) is 0 Å². The second kappa shape index (κ2) is 9.22. The lowest BCUT2D eigenvalue weighted by Crippen LogP contribution is -3.12. The van der Waals surface area contributed by atoms with E-state index in [0.717, 1.165) is 31.1 Å². The van der Waals surface area contributed by atoms with Gasteiger partial charge in [-0.3, -0.25) is 0 Å². The lowest BCUT2D eigenvalue weighted by Gasteiger charge is -2.17. The molecule has 0 aliphatic rings. The molecule has 0 radical (unpaired) electrons. The van der Waals surface area contributed by atoms with Crippen LogP contribution in [0.1, 0.15) is 6.92 Å². The van der Waals surface area contributed by atoms with Crippen molar-refractivity contribution in [3.05, 3.63) is 49.6 Å². The van der Waals surface area contributed by atoms with Crippen molar-refractivity contribution in [1.29, 1.82) is 0 Å². The van der Waals surface area contributed by atoms with Crippen LogP contribution < -0.4 is 14.4 Å². The molecule has 1 N–H and O–H groups in total. The molecule has 1 rings (SSSR count). The lowest BCUT2D eigenvalue weighted by molar-refractivity contribution is -0.888. The third-order valence-corrected chi connectivity index (χ3v) is 2.73. The van der Waals surface area contributed by atoms with Crippen LogP contribution in [-0.4, -0.2) is 32.8 Å². The number of para-hydroxylation sites is 2. The Kier molecular flexibility index (Phi) is 7.44. The maximum Gasteiger partial charge on any atom is 0.161 e. The molecular weight excluding hydrogens is 238 g/mol. The molecule has 0 aliphatic heterocycles. The Morgan fingerprint density at radius 2 is 1.63 bits per heavy atom. The van der Waals surface area contributed by atoms with Crippen molar-refractivity contribution in [3.63, 3.8) is 0 Å². The zero-order chi connectivity index (χ0) is 13.9. The Morgan fingerprint density at radius 1 is 1.05 bits per heavy atom. The molecular formula is C16H24NO2+. The number of ether oxygens (including phenoxy) is 2. The number of hydrogen-bond donors (Lipinski definition) is 1. The van der Waals surface area contributed by atoms with Crippen LogP contribution in [0.25, 0.3) is 0 Å². The molecule has 1 aromatic rings. The molecule has 0 fully saturated rings. The molecule has 104 valence electrons. The molecule has 0 bridgehead atoms. The van der Waals surface area contributed by atoms with Gasteiger partial charge in [-0.25, -0.2) is 0 Å². The second-order valence-corrected chi connectivity index (χ2v) is 4.21. The maximum absolute atomic E-state index is 5.80. The van der Waals surface area contributed by atoms with Gasteiger partial charge in [0.1, 0.15) is 13.2 Å². The van der Waals surface area contributed by atoms with Crippen LogP contribution in [0.3, 0.4) is 0 Å². The summed E-state index contributed by atoms with van der Waals surface area (Å²) in [6, 6.07) is 7.77. The highest BCUT2D eigenvalue weighted by molar-refractivity contribution is 5.39. The summed E-state index contributed by atoms with van der Waals surface area (Å²) in [6.45, 7) is 13.6. The van der Waals surface area contributed by atoms with Gasteiger partial charge in [0, 0.05) is 0 Å². The molecule has 3 heteroatoms. The molecule has 0 amide bonds. The molecule has 0 spiro atoms. The number of rotatable bonds is 10. The maximum atomic E-state index is 5.80. The Bertz CT molecular complexity index is 380. The van der Waals surface area contributed by atoms with Crippen LogP contribution in [0.15, 0.2) is 49.6 Å². The largest absolute Gasteiger partial charge is 0.490 e. The Hall–Kier alpha value is -1.74. The highest BCUT2D eigenvalue weighted by atomic mass is 16.5. The van der Waals surface area contributed by atoms with Crippen LogP contribution >= 0.6 is 0 Å². The normalized spacial score (nSPS) is 10.2. The molecule has 3 nitrogen and oxygen atoms in total. The van der Waals surface area contributed by atoms with Crippen molar-refractivity contribution < 1.29 is 14.4 Å². The van der Waals surface area contributed by atoms with Gasteiger partial charge >= 0.3 is 0 Å². The molecule has 19 heavy (non-hydrogen) atoms. The molecule has 1 aromatic carbocycles. The van der Waals surface area contributed by atoms with Crippen LogP contribution in [0.5, 0.6) is 11.5 Å². The van der Waals surface area contributed by atoms with E-state index >= 15 is 0 Å². The topological polar surface area (TPSA) is 22.9 Å².